The molecule has 1 aliphatic heterocycles. The molecule has 5 heteroatoms. The molecule has 0 radical (unpaired) electrons. The second-order valence-corrected chi connectivity index (χ2v) is 6.42. The van der Waals surface area contributed by atoms with Crippen LogP contribution in [-0.4, -0.2) is 34.4 Å². The monoisotopic (exact) mass is 281 g/mol. The number of amidine groups is 1. The Bertz CT molecular complexity index is 395. The number of amides is 1. The Morgan fingerprint density at radius 1 is 1.35 bits per heavy atom. The third-order valence-corrected chi connectivity index (χ3v) is 5.36. The number of rotatable bonds is 3. The van der Waals surface area contributed by atoms with E-state index in [9.17, 15) is 4.79 Å². The maximum atomic E-state index is 13.0. The van der Waals surface area contributed by atoms with Gasteiger partial charge in [-0.05, 0) is 44.9 Å². The zero-order valence-corrected chi connectivity index (χ0v) is 12.6. The van der Waals surface area contributed by atoms with Crippen molar-refractivity contribution >= 4 is 11.7 Å². The molecule has 1 heterocycles. The van der Waals surface area contributed by atoms with Gasteiger partial charge in [0.1, 0.15) is 5.41 Å². The molecule has 114 valence electrons. The van der Waals surface area contributed by atoms with E-state index in [1.807, 2.05) is 11.8 Å². The van der Waals surface area contributed by atoms with E-state index in [2.05, 4.69) is 5.16 Å². The summed E-state index contributed by atoms with van der Waals surface area (Å²) in [5.74, 6) is 0.713. The van der Waals surface area contributed by atoms with Crippen LogP contribution in [0.5, 0.6) is 0 Å². The molecule has 2 rings (SSSR count). The van der Waals surface area contributed by atoms with Crippen LogP contribution in [-0.2, 0) is 4.79 Å². The Labute approximate surface area is 121 Å². The van der Waals surface area contributed by atoms with Gasteiger partial charge in [0.2, 0.25) is 5.91 Å². The predicted octanol–water partition coefficient (Wildman–Crippen LogP) is 2.33. The van der Waals surface area contributed by atoms with Crippen LogP contribution < -0.4 is 5.73 Å². The van der Waals surface area contributed by atoms with Crippen molar-refractivity contribution in [3.63, 3.8) is 0 Å². The summed E-state index contributed by atoms with van der Waals surface area (Å²) < 4.78 is 0. The van der Waals surface area contributed by atoms with E-state index in [1.165, 1.54) is 25.7 Å². The maximum Gasteiger partial charge on any atom is 0.236 e. The van der Waals surface area contributed by atoms with E-state index in [0.717, 1.165) is 19.4 Å². The van der Waals surface area contributed by atoms with Crippen molar-refractivity contribution in [3.05, 3.63) is 0 Å². The molecule has 3 unspecified atom stereocenters. The summed E-state index contributed by atoms with van der Waals surface area (Å²) in [6.45, 7) is 4.52. The highest BCUT2D eigenvalue weighted by molar-refractivity contribution is 6.06. The number of hydrogen-bond acceptors (Lipinski definition) is 3. The number of carbonyl (C=O) groups excluding carboxylic acids is 1. The van der Waals surface area contributed by atoms with Crippen LogP contribution in [0.25, 0.3) is 0 Å². The fourth-order valence-corrected chi connectivity index (χ4v) is 3.75. The minimum Gasteiger partial charge on any atom is -0.409 e. The van der Waals surface area contributed by atoms with Gasteiger partial charge in [-0.3, -0.25) is 4.79 Å². The number of likely N-dealkylation sites (tertiary alicyclic amines) is 1. The zero-order chi connectivity index (χ0) is 14.8. The molecule has 1 aliphatic carbocycles. The van der Waals surface area contributed by atoms with Crippen LogP contribution in [0.4, 0.5) is 0 Å². The summed E-state index contributed by atoms with van der Waals surface area (Å²) in [5.41, 5.74) is 4.91. The lowest BCUT2D eigenvalue weighted by Gasteiger charge is -2.46. The minimum absolute atomic E-state index is 0.0305. The number of fused-ring (bicyclic) bond motifs is 1. The highest BCUT2D eigenvalue weighted by atomic mass is 16.4. The number of nitrogens with two attached hydrogens (primary N) is 1. The molecular weight excluding hydrogens is 254 g/mol. The van der Waals surface area contributed by atoms with Gasteiger partial charge < -0.3 is 15.8 Å². The second-order valence-electron chi connectivity index (χ2n) is 6.42. The molecule has 20 heavy (non-hydrogen) atoms. The molecule has 0 spiro atoms. The van der Waals surface area contributed by atoms with Gasteiger partial charge in [-0.25, -0.2) is 0 Å². The van der Waals surface area contributed by atoms with E-state index in [1.54, 1.807) is 6.92 Å². The zero-order valence-electron chi connectivity index (χ0n) is 12.6. The molecule has 5 nitrogen and oxygen atoms in total. The average molecular weight is 281 g/mol. The highest BCUT2D eigenvalue weighted by Crippen LogP contribution is 2.38. The minimum atomic E-state index is -0.881. The quantitative estimate of drug-likeness (QED) is 0.361. The molecule has 0 aromatic carbocycles. The Kier molecular flexibility index (Phi) is 4.55. The molecule has 0 aromatic rings. The first-order valence-corrected chi connectivity index (χ1v) is 7.83. The van der Waals surface area contributed by atoms with Gasteiger partial charge in [0.15, 0.2) is 5.84 Å². The molecule has 1 saturated carbocycles. The van der Waals surface area contributed by atoms with Crippen LogP contribution in [0.15, 0.2) is 5.16 Å². The van der Waals surface area contributed by atoms with Crippen LogP contribution in [0.1, 0.15) is 58.8 Å². The van der Waals surface area contributed by atoms with Gasteiger partial charge in [-0.1, -0.05) is 24.9 Å². The summed E-state index contributed by atoms with van der Waals surface area (Å²) in [6.07, 6.45) is 7.69. The Morgan fingerprint density at radius 3 is 2.65 bits per heavy atom. The Morgan fingerprint density at radius 2 is 2.00 bits per heavy atom. The molecule has 2 fully saturated rings. The van der Waals surface area contributed by atoms with Crippen molar-refractivity contribution in [1.29, 1.82) is 0 Å². The van der Waals surface area contributed by atoms with E-state index in [0.29, 0.717) is 18.4 Å². The van der Waals surface area contributed by atoms with E-state index >= 15 is 0 Å². The first kappa shape index (κ1) is 15.1. The summed E-state index contributed by atoms with van der Waals surface area (Å²) >= 11 is 0. The maximum absolute atomic E-state index is 13.0. The van der Waals surface area contributed by atoms with Crippen molar-refractivity contribution in [2.24, 2.45) is 22.2 Å². The van der Waals surface area contributed by atoms with Crippen LogP contribution in [0, 0.1) is 11.3 Å². The molecule has 2 aliphatic rings. The first-order valence-electron chi connectivity index (χ1n) is 7.83. The van der Waals surface area contributed by atoms with E-state index in [4.69, 9.17) is 10.9 Å². The van der Waals surface area contributed by atoms with Gasteiger partial charge in [-0.15, -0.1) is 0 Å². The van der Waals surface area contributed by atoms with Crippen LogP contribution in [0.3, 0.4) is 0 Å². The number of carbonyl (C=O) groups is 1. The van der Waals surface area contributed by atoms with Gasteiger partial charge in [0, 0.05) is 12.6 Å². The lowest BCUT2D eigenvalue weighted by Crippen LogP contribution is -2.56. The standard InChI is InChI=1S/C15H27N3O2/c1-3-15(2,13(16)17-20)14(19)18-10-6-8-11-7-4-5-9-12(11)18/h11-12,20H,3-10H2,1-2H3,(H2,16,17). The number of piperidine rings is 1. The Hall–Kier alpha value is -1.26. The lowest BCUT2D eigenvalue weighted by atomic mass is 9.76. The fraction of sp³-hybridized carbons (Fsp3) is 0.867. The topological polar surface area (TPSA) is 78.9 Å². The summed E-state index contributed by atoms with van der Waals surface area (Å²) in [4.78, 5) is 15.0. The molecule has 1 amide bonds. The van der Waals surface area contributed by atoms with Crippen molar-refractivity contribution < 1.29 is 10.0 Å². The van der Waals surface area contributed by atoms with Crippen molar-refractivity contribution in [1.82, 2.24) is 4.90 Å². The smallest absolute Gasteiger partial charge is 0.236 e. The SMILES string of the molecule is CCC(C)(C(=O)N1CCCC2CCCCC21)C(N)=NO. The summed E-state index contributed by atoms with van der Waals surface area (Å²) in [7, 11) is 0. The van der Waals surface area contributed by atoms with Gasteiger partial charge in [0.05, 0.1) is 0 Å². The van der Waals surface area contributed by atoms with E-state index < -0.39 is 5.41 Å². The fourth-order valence-electron chi connectivity index (χ4n) is 3.75. The van der Waals surface area contributed by atoms with Gasteiger partial charge in [0.25, 0.3) is 0 Å². The average Bonchev–Trinajstić information content (AvgIpc) is 2.51. The largest absolute Gasteiger partial charge is 0.409 e. The van der Waals surface area contributed by atoms with Gasteiger partial charge in [-0.2, -0.15) is 0 Å². The molecule has 0 aromatic heterocycles. The van der Waals surface area contributed by atoms with E-state index in [-0.39, 0.29) is 11.7 Å². The second kappa shape index (κ2) is 6.02. The molecule has 1 saturated heterocycles. The normalized spacial score (nSPS) is 30.5. The van der Waals surface area contributed by atoms with Gasteiger partial charge >= 0.3 is 0 Å². The van der Waals surface area contributed by atoms with Crippen molar-refractivity contribution in [2.45, 2.75) is 64.8 Å². The molecular formula is C15H27N3O2. The predicted molar refractivity (Wildman–Crippen MR) is 78.5 cm³/mol. The number of nitrogens with zero attached hydrogens (tertiary/aromatic N) is 2. The molecule has 3 atom stereocenters. The van der Waals surface area contributed by atoms with Crippen molar-refractivity contribution in [3.8, 4) is 0 Å². The Balaban J connectivity index is 2.22. The summed E-state index contributed by atoms with van der Waals surface area (Å²) in [6, 6.07) is 0.363. The number of oxime groups is 1. The third-order valence-electron chi connectivity index (χ3n) is 5.36. The molecule has 3 N–H and O–H groups in total. The lowest BCUT2D eigenvalue weighted by molar-refractivity contribution is -0.144. The highest BCUT2D eigenvalue weighted by Gasteiger charge is 2.44. The van der Waals surface area contributed by atoms with Crippen LogP contribution in [0.2, 0.25) is 0 Å². The third kappa shape index (κ3) is 2.50. The molecule has 0 bridgehead atoms. The number of hydrogen-bond donors (Lipinski definition) is 2. The van der Waals surface area contributed by atoms with Crippen molar-refractivity contribution in [2.75, 3.05) is 6.54 Å². The summed E-state index contributed by atoms with van der Waals surface area (Å²) in [5, 5.41) is 12.1. The van der Waals surface area contributed by atoms with Crippen LogP contribution >= 0.6 is 0 Å². The first-order chi connectivity index (χ1) is 9.54.